The van der Waals surface area contributed by atoms with Crippen molar-refractivity contribution < 1.29 is 9.90 Å². The van der Waals surface area contributed by atoms with Crippen LogP contribution in [0.1, 0.15) is 6.42 Å². The molecule has 72 valence electrons. The van der Waals surface area contributed by atoms with Gasteiger partial charge in [0.1, 0.15) is 0 Å². The molecule has 1 amide bonds. The molecule has 1 saturated heterocycles. The first-order chi connectivity index (χ1) is 5.34. The molecule has 0 spiro atoms. The summed E-state index contributed by atoms with van der Waals surface area (Å²) in [6.07, 6.45) is 0.914. The highest BCUT2D eigenvalue weighted by Crippen LogP contribution is 2.06. The van der Waals surface area contributed by atoms with E-state index in [-0.39, 0.29) is 30.8 Å². The number of hydrogen-bond acceptors (Lipinski definition) is 3. The van der Waals surface area contributed by atoms with Gasteiger partial charge in [-0.2, -0.15) is 0 Å². The Bertz CT molecular complexity index is 137. The van der Waals surface area contributed by atoms with Crippen LogP contribution in [0.5, 0.6) is 0 Å². The van der Waals surface area contributed by atoms with Gasteiger partial charge in [0.05, 0.1) is 12.5 Å². The normalized spacial score (nSPS) is 21.6. The Morgan fingerprint density at radius 1 is 1.67 bits per heavy atom. The van der Waals surface area contributed by atoms with Gasteiger partial charge in [0.15, 0.2) is 0 Å². The molecule has 1 rings (SSSR count). The predicted octanol–water partition coefficient (Wildman–Crippen LogP) is -0.874. The monoisotopic (exact) mass is 194 g/mol. The SMILES string of the molecule is Cl.O=C(NCCO)[C@H]1CCNC1. The van der Waals surface area contributed by atoms with E-state index in [0.29, 0.717) is 6.54 Å². The lowest BCUT2D eigenvalue weighted by Gasteiger charge is -2.07. The molecule has 0 unspecified atom stereocenters. The highest BCUT2D eigenvalue weighted by atomic mass is 35.5. The smallest absolute Gasteiger partial charge is 0.224 e. The van der Waals surface area contributed by atoms with E-state index < -0.39 is 0 Å². The fraction of sp³-hybridized carbons (Fsp3) is 0.857. The third-order valence-corrected chi connectivity index (χ3v) is 1.84. The zero-order chi connectivity index (χ0) is 8.10. The molecule has 0 aliphatic carbocycles. The molecule has 0 bridgehead atoms. The third kappa shape index (κ3) is 3.38. The molecule has 1 heterocycles. The second-order valence-electron chi connectivity index (χ2n) is 2.70. The van der Waals surface area contributed by atoms with Crippen LogP contribution in [-0.4, -0.2) is 37.3 Å². The van der Waals surface area contributed by atoms with Crippen LogP contribution in [0.3, 0.4) is 0 Å². The van der Waals surface area contributed by atoms with Crippen LogP contribution in [-0.2, 0) is 4.79 Å². The van der Waals surface area contributed by atoms with Gasteiger partial charge in [0, 0.05) is 13.1 Å². The summed E-state index contributed by atoms with van der Waals surface area (Å²) in [5, 5.41) is 14.2. The topological polar surface area (TPSA) is 61.4 Å². The average molecular weight is 195 g/mol. The van der Waals surface area contributed by atoms with E-state index in [2.05, 4.69) is 10.6 Å². The molecule has 0 aromatic heterocycles. The van der Waals surface area contributed by atoms with Crippen molar-refractivity contribution in [3.8, 4) is 0 Å². The van der Waals surface area contributed by atoms with Crippen LogP contribution in [0.15, 0.2) is 0 Å². The number of carbonyl (C=O) groups is 1. The summed E-state index contributed by atoms with van der Waals surface area (Å²) >= 11 is 0. The van der Waals surface area contributed by atoms with E-state index in [0.717, 1.165) is 19.5 Å². The van der Waals surface area contributed by atoms with E-state index in [9.17, 15) is 4.79 Å². The lowest BCUT2D eigenvalue weighted by atomic mass is 10.1. The second-order valence-corrected chi connectivity index (χ2v) is 2.70. The van der Waals surface area contributed by atoms with Gasteiger partial charge in [0.25, 0.3) is 0 Å². The molecule has 1 atom stereocenters. The molecule has 0 saturated carbocycles. The van der Waals surface area contributed by atoms with E-state index in [1.165, 1.54) is 0 Å². The molecule has 1 aliphatic rings. The number of rotatable bonds is 3. The van der Waals surface area contributed by atoms with E-state index >= 15 is 0 Å². The largest absolute Gasteiger partial charge is 0.395 e. The summed E-state index contributed by atoms with van der Waals surface area (Å²) in [5.41, 5.74) is 0. The van der Waals surface area contributed by atoms with Crippen LogP contribution >= 0.6 is 12.4 Å². The predicted molar refractivity (Wildman–Crippen MR) is 48.3 cm³/mol. The minimum Gasteiger partial charge on any atom is -0.395 e. The Labute approximate surface area is 78.1 Å². The van der Waals surface area contributed by atoms with Gasteiger partial charge in [-0.25, -0.2) is 0 Å². The van der Waals surface area contributed by atoms with Gasteiger partial charge in [-0.1, -0.05) is 0 Å². The fourth-order valence-electron chi connectivity index (χ4n) is 1.20. The minimum atomic E-state index is 0. The minimum absolute atomic E-state index is 0. The second kappa shape index (κ2) is 6.22. The number of nitrogens with one attached hydrogen (secondary N) is 2. The van der Waals surface area contributed by atoms with Gasteiger partial charge in [0.2, 0.25) is 5.91 Å². The maximum atomic E-state index is 11.1. The highest BCUT2D eigenvalue weighted by Gasteiger charge is 2.21. The number of amides is 1. The maximum Gasteiger partial charge on any atom is 0.224 e. The summed E-state index contributed by atoms with van der Waals surface area (Å²) in [7, 11) is 0. The zero-order valence-electron chi connectivity index (χ0n) is 6.88. The summed E-state index contributed by atoms with van der Waals surface area (Å²) in [5.74, 6) is 0.172. The number of aliphatic hydroxyl groups is 1. The lowest BCUT2D eigenvalue weighted by Crippen LogP contribution is -2.33. The molecule has 0 aromatic rings. The molecule has 1 aliphatic heterocycles. The molecular weight excluding hydrogens is 180 g/mol. The maximum absolute atomic E-state index is 11.1. The lowest BCUT2D eigenvalue weighted by molar-refractivity contribution is -0.124. The Balaban J connectivity index is 0.00000121. The van der Waals surface area contributed by atoms with Crippen LogP contribution in [0.2, 0.25) is 0 Å². The number of halogens is 1. The highest BCUT2D eigenvalue weighted by molar-refractivity contribution is 5.85. The standard InChI is InChI=1S/C7H14N2O2.ClH/c10-4-3-9-7(11)6-1-2-8-5-6;/h6,8,10H,1-5H2,(H,9,11);1H/t6-;/m0./s1. The van der Waals surface area contributed by atoms with E-state index in [4.69, 9.17) is 5.11 Å². The van der Waals surface area contributed by atoms with Crippen LogP contribution in [0.25, 0.3) is 0 Å². The fourth-order valence-corrected chi connectivity index (χ4v) is 1.20. The summed E-state index contributed by atoms with van der Waals surface area (Å²) in [4.78, 5) is 11.1. The van der Waals surface area contributed by atoms with Crippen molar-refractivity contribution in [1.82, 2.24) is 10.6 Å². The molecule has 1 fully saturated rings. The third-order valence-electron chi connectivity index (χ3n) is 1.84. The van der Waals surface area contributed by atoms with Gasteiger partial charge < -0.3 is 15.7 Å². The molecule has 4 nitrogen and oxygen atoms in total. The van der Waals surface area contributed by atoms with E-state index in [1.54, 1.807) is 0 Å². The first-order valence-electron chi connectivity index (χ1n) is 3.94. The Morgan fingerprint density at radius 2 is 2.42 bits per heavy atom. The average Bonchev–Trinajstić information content (AvgIpc) is 2.52. The number of aliphatic hydroxyl groups excluding tert-OH is 1. The molecule has 0 aromatic carbocycles. The van der Waals surface area contributed by atoms with Crippen molar-refractivity contribution in [2.45, 2.75) is 6.42 Å². The van der Waals surface area contributed by atoms with E-state index in [1.807, 2.05) is 0 Å². The Hall–Kier alpha value is -0.320. The number of hydrogen-bond donors (Lipinski definition) is 3. The van der Waals surface area contributed by atoms with Gasteiger partial charge in [-0.3, -0.25) is 4.79 Å². The van der Waals surface area contributed by atoms with Crippen molar-refractivity contribution in [2.75, 3.05) is 26.2 Å². The van der Waals surface area contributed by atoms with Gasteiger partial charge >= 0.3 is 0 Å². The molecule has 12 heavy (non-hydrogen) atoms. The van der Waals surface area contributed by atoms with Gasteiger partial charge in [-0.05, 0) is 13.0 Å². The van der Waals surface area contributed by atoms with Crippen molar-refractivity contribution in [2.24, 2.45) is 5.92 Å². The van der Waals surface area contributed by atoms with Crippen LogP contribution in [0.4, 0.5) is 0 Å². The molecule has 5 heteroatoms. The van der Waals surface area contributed by atoms with Crippen molar-refractivity contribution in [1.29, 1.82) is 0 Å². The first-order valence-corrected chi connectivity index (χ1v) is 3.94. The summed E-state index contributed by atoms with van der Waals surface area (Å²) in [6.45, 7) is 2.09. The zero-order valence-corrected chi connectivity index (χ0v) is 7.69. The van der Waals surface area contributed by atoms with Crippen molar-refractivity contribution in [3.63, 3.8) is 0 Å². The molecule has 0 radical (unpaired) electrons. The van der Waals surface area contributed by atoms with Crippen LogP contribution < -0.4 is 10.6 Å². The Kier molecular flexibility index (Phi) is 6.06. The van der Waals surface area contributed by atoms with Crippen molar-refractivity contribution in [3.05, 3.63) is 0 Å². The summed E-state index contributed by atoms with van der Waals surface area (Å²) < 4.78 is 0. The van der Waals surface area contributed by atoms with Crippen LogP contribution in [0, 0.1) is 5.92 Å². The first kappa shape index (κ1) is 11.7. The quantitative estimate of drug-likeness (QED) is 0.547. The molecular formula is C7H15ClN2O2. The summed E-state index contributed by atoms with van der Waals surface area (Å²) in [6, 6.07) is 0. The van der Waals surface area contributed by atoms with Crippen molar-refractivity contribution >= 4 is 18.3 Å². The Morgan fingerprint density at radius 3 is 2.92 bits per heavy atom. The van der Waals surface area contributed by atoms with Gasteiger partial charge in [-0.15, -0.1) is 12.4 Å². The molecule has 3 N–H and O–H groups in total. The number of carbonyl (C=O) groups excluding carboxylic acids is 1.